The Bertz CT molecular complexity index is 385. The fourth-order valence-electron chi connectivity index (χ4n) is 1.92. The monoisotopic (exact) mass is 252 g/mol. The SMILES string of the molecule is CC(Cc1ccco1)NC(=O)COC1(C)CNC1. The van der Waals surface area contributed by atoms with E-state index < -0.39 is 0 Å². The highest BCUT2D eigenvalue weighted by Gasteiger charge is 2.33. The van der Waals surface area contributed by atoms with Gasteiger partial charge in [-0.05, 0) is 26.0 Å². The Balaban J connectivity index is 1.67. The van der Waals surface area contributed by atoms with Crippen molar-refractivity contribution in [2.45, 2.75) is 31.9 Å². The van der Waals surface area contributed by atoms with Gasteiger partial charge in [0.05, 0.1) is 11.9 Å². The van der Waals surface area contributed by atoms with E-state index in [9.17, 15) is 4.79 Å². The third-order valence-electron chi connectivity index (χ3n) is 3.04. The molecule has 1 saturated heterocycles. The maximum Gasteiger partial charge on any atom is 0.246 e. The molecule has 0 spiro atoms. The van der Waals surface area contributed by atoms with E-state index in [0.29, 0.717) is 6.42 Å². The predicted octanol–water partition coefficient (Wildman–Crippen LogP) is 0.705. The second-order valence-electron chi connectivity index (χ2n) is 5.09. The molecule has 0 aliphatic carbocycles. The van der Waals surface area contributed by atoms with Crippen LogP contribution in [0.25, 0.3) is 0 Å². The molecule has 100 valence electrons. The van der Waals surface area contributed by atoms with Crippen molar-refractivity contribution in [2.24, 2.45) is 0 Å². The van der Waals surface area contributed by atoms with Gasteiger partial charge in [-0.1, -0.05) is 0 Å². The third kappa shape index (κ3) is 3.58. The van der Waals surface area contributed by atoms with E-state index in [1.54, 1.807) is 6.26 Å². The molecule has 0 aromatic carbocycles. The highest BCUT2D eigenvalue weighted by atomic mass is 16.5. The van der Waals surface area contributed by atoms with Gasteiger partial charge in [0.1, 0.15) is 12.4 Å². The van der Waals surface area contributed by atoms with Gasteiger partial charge in [0.15, 0.2) is 0 Å². The fraction of sp³-hybridized carbons (Fsp3) is 0.615. The van der Waals surface area contributed by atoms with Crippen LogP contribution in [-0.4, -0.2) is 37.2 Å². The average Bonchev–Trinajstić information content (AvgIpc) is 2.76. The van der Waals surface area contributed by atoms with Crippen LogP contribution in [0.3, 0.4) is 0 Å². The van der Waals surface area contributed by atoms with Gasteiger partial charge in [-0.25, -0.2) is 0 Å². The molecule has 1 aliphatic rings. The predicted molar refractivity (Wildman–Crippen MR) is 67.2 cm³/mol. The summed E-state index contributed by atoms with van der Waals surface area (Å²) in [5, 5.41) is 6.02. The molecule has 0 radical (unpaired) electrons. The largest absolute Gasteiger partial charge is 0.469 e. The summed E-state index contributed by atoms with van der Waals surface area (Å²) in [6.45, 7) is 5.68. The van der Waals surface area contributed by atoms with E-state index in [2.05, 4.69) is 10.6 Å². The van der Waals surface area contributed by atoms with Crippen molar-refractivity contribution in [3.63, 3.8) is 0 Å². The second kappa shape index (κ2) is 5.54. The molecule has 1 fully saturated rings. The van der Waals surface area contributed by atoms with Crippen LogP contribution in [0, 0.1) is 0 Å². The van der Waals surface area contributed by atoms with E-state index in [4.69, 9.17) is 9.15 Å². The number of furan rings is 1. The zero-order valence-corrected chi connectivity index (χ0v) is 10.9. The third-order valence-corrected chi connectivity index (χ3v) is 3.04. The van der Waals surface area contributed by atoms with E-state index in [1.165, 1.54) is 0 Å². The number of carbonyl (C=O) groups excluding carboxylic acids is 1. The molecular formula is C13H20N2O3. The van der Waals surface area contributed by atoms with Crippen LogP contribution in [0.5, 0.6) is 0 Å². The lowest BCUT2D eigenvalue weighted by Crippen LogP contribution is -2.59. The molecule has 1 unspecified atom stereocenters. The van der Waals surface area contributed by atoms with Gasteiger partial charge < -0.3 is 19.8 Å². The molecule has 1 atom stereocenters. The Labute approximate surface area is 107 Å². The molecular weight excluding hydrogens is 232 g/mol. The first kappa shape index (κ1) is 13.1. The van der Waals surface area contributed by atoms with E-state index >= 15 is 0 Å². The maximum atomic E-state index is 11.7. The van der Waals surface area contributed by atoms with Crippen molar-refractivity contribution in [2.75, 3.05) is 19.7 Å². The van der Waals surface area contributed by atoms with Crippen molar-refractivity contribution in [1.29, 1.82) is 0 Å². The number of hydrogen-bond donors (Lipinski definition) is 2. The molecule has 2 heterocycles. The second-order valence-corrected chi connectivity index (χ2v) is 5.09. The number of carbonyl (C=O) groups is 1. The minimum Gasteiger partial charge on any atom is -0.469 e. The molecule has 18 heavy (non-hydrogen) atoms. The summed E-state index contributed by atoms with van der Waals surface area (Å²) in [4.78, 5) is 11.7. The number of hydrogen-bond acceptors (Lipinski definition) is 4. The molecule has 5 nitrogen and oxygen atoms in total. The lowest BCUT2D eigenvalue weighted by Gasteiger charge is -2.38. The summed E-state index contributed by atoms with van der Waals surface area (Å²) < 4.78 is 10.8. The highest BCUT2D eigenvalue weighted by Crippen LogP contribution is 2.14. The van der Waals surface area contributed by atoms with Crippen molar-refractivity contribution in [3.05, 3.63) is 24.2 Å². The molecule has 0 saturated carbocycles. The zero-order valence-electron chi connectivity index (χ0n) is 10.9. The summed E-state index contributed by atoms with van der Waals surface area (Å²) in [6, 6.07) is 3.79. The smallest absolute Gasteiger partial charge is 0.246 e. The molecule has 1 aromatic rings. The lowest BCUT2D eigenvalue weighted by atomic mass is 10.0. The van der Waals surface area contributed by atoms with Gasteiger partial charge in [0, 0.05) is 25.6 Å². The van der Waals surface area contributed by atoms with Crippen LogP contribution in [0.2, 0.25) is 0 Å². The van der Waals surface area contributed by atoms with Crippen molar-refractivity contribution >= 4 is 5.91 Å². The van der Waals surface area contributed by atoms with Crippen LogP contribution >= 0.6 is 0 Å². The average molecular weight is 252 g/mol. The van der Waals surface area contributed by atoms with Gasteiger partial charge in [0.25, 0.3) is 0 Å². The Hall–Kier alpha value is -1.33. The van der Waals surface area contributed by atoms with Crippen LogP contribution in [0.1, 0.15) is 19.6 Å². The lowest BCUT2D eigenvalue weighted by molar-refractivity contribution is -0.136. The molecule has 1 aromatic heterocycles. The zero-order chi connectivity index (χ0) is 13.0. The first-order chi connectivity index (χ1) is 8.57. The number of nitrogens with one attached hydrogen (secondary N) is 2. The molecule has 2 N–H and O–H groups in total. The Morgan fingerprint density at radius 1 is 1.67 bits per heavy atom. The van der Waals surface area contributed by atoms with Gasteiger partial charge in [0.2, 0.25) is 5.91 Å². The minimum absolute atomic E-state index is 0.0413. The number of rotatable bonds is 6. The first-order valence-electron chi connectivity index (χ1n) is 6.24. The number of ether oxygens (including phenoxy) is 1. The van der Waals surface area contributed by atoms with Crippen molar-refractivity contribution in [1.82, 2.24) is 10.6 Å². The highest BCUT2D eigenvalue weighted by molar-refractivity contribution is 5.77. The summed E-state index contributed by atoms with van der Waals surface area (Å²) in [5.41, 5.74) is -0.179. The normalized spacial score (nSPS) is 19.0. The van der Waals surface area contributed by atoms with E-state index in [1.807, 2.05) is 26.0 Å². The Morgan fingerprint density at radius 2 is 2.44 bits per heavy atom. The summed E-state index contributed by atoms with van der Waals surface area (Å²) in [5.74, 6) is 0.793. The van der Waals surface area contributed by atoms with Gasteiger partial charge in [-0.3, -0.25) is 4.79 Å². The molecule has 2 rings (SSSR count). The first-order valence-corrected chi connectivity index (χ1v) is 6.24. The van der Waals surface area contributed by atoms with E-state index in [-0.39, 0.29) is 24.2 Å². The summed E-state index contributed by atoms with van der Waals surface area (Å²) in [6.07, 6.45) is 2.33. The van der Waals surface area contributed by atoms with Crippen LogP contribution < -0.4 is 10.6 Å². The van der Waals surface area contributed by atoms with Gasteiger partial charge in [-0.2, -0.15) is 0 Å². The standard InChI is InChI=1S/C13H20N2O3/c1-10(6-11-4-3-5-17-11)15-12(16)7-18-13(2)8-14-9-13/h3-5,10,14H,6-9H2,1-2H3,(H,15,16). The minimum atomic E-state index is -0.179. The topological polar surface area (TPSA) is 63.5 Å². The van der Waals surface area contributed by atoms with Crippen molar-refractivity contribution in [3.8, 4) is 0 Å². The van der Waals surface area contributed by atoms with Gasteiger partial charge in [-0.15, -0.1) is 0 Å². The molecule has 1 amide bonds. The Morgan fingerprint density at radius 3 is 3.00 bits per heavy atom. The van der Waals surface area contributed by atoms with Crippen LogP contribution in [0.4, 0.5) is 0 Å². The van der Waals surface area contributed by atoms with Crippen LogP contribution in [0.15, 0.2) is 22.8 Å². The fourth-order valence-corrected chi connectivity index (χ4v) is 1.92. The number of amides is 1. The van der Waals surface area contributed by atoms with Crippen LogP contribution in [-0.2, 0) is 16.0 Å². The molecule has 1 aliphatic heterocycles. The maximum absolute atomic E-state index is 11.7. The van der Waals surface area contributed by atoms with Crippen molar-refractivity contribution < 1.29 is 13.9 Å². The summed E-state index contributed by atoms with van der Waals surface area (Å²) >= 11 is 0. The van der Waals surface area contributed by atoms with Gasteiger partial charge >= 0.3 is 0 Å². The molecule has 0 bridgehead atoms. The Kier molecular flexibility index (Phi) is 4.04. The molecule has 5 heteroatoms. The summed E-state index contributed by atoms with van der Waals surface area (Å²) in [7, 11) is 0. The van der Waals surface area contributed by atoms with E-state index in [0.717, 1.165) is 18.8 Å². The quantitative estimate of drug-likeness (QED) is 0.782.